The number of pyridine rings is 1. The summed E-state index contributed by atoms with van der Waals surface area (Å²) in [6.07, 6.45) is 4.41. The van der Waals surface area contributed by atoms with E-state index in [9.17, 15) is 4.39 Å². The summed E-state index contributed by atoms with van der Waals surface area (Å²) in [6, 6.07) is 6.89. The first-order chi connectivity index (χ1) is 10.2. The van der Waals surface area contributed by atoms with Gasteiger partial charge in [-0.15, -0.1) is 0 Å². The Morgan fingerprint density at radius 2 is 2.14 bits per heavy atom. The summed E-state index contributed by atoms with van der Waals surface area (Å²) in [5, 5.41) is 3.46. The molecule has 2 aromatic rings. The van der Waals surface area contributed by atoms with Crippen molar-refractivity contribution >= 4 is 0 Å². The van der Waals surface area contributed by atoms with E-state index in [1.807, 2.05) is 19.1 Å². The van der Waals surface area contributed by atoms with Gasteiger partial charge in [-0.1, -0.05) is 13.0 Å². The molecule has 3 nitrogen and oxygen atoms in total. The Hall–Kier alpha value is -1.94. The van der Waals surface area contributed by atoms with Gasteiger partial charge >= 0.3 is 0 Å². The summed E-state index contributed by atoms with van der Waals surface area (Å²) >= 11 is 0. The standard InChI is InChI=1S/C17H21FN2O/c1-4-6-20-17(13-8-12(2)9-14(18)10-13)15-5-7-19-11-16(15)21-3/h5,7-11,17,20H,4,6H2,1-3H3. The normalized spacial score (nSPS) is 12.2. The molecule has 0 saturated carbocycles. The van der Waals surface area contributed by atoms with Crippen LogP contribution in [0.4, 0.5) is 4.39 Å². The maximum Gasteiger partial charge on any atom is 0.142 e. The van der Waals surface area contributed by atoms with Crippen molar-refractivity contribution < 1.29 is 9.13 Å². The van der Waals surface area contributed by atoms with Gasteiger partial charge in [0, 0.05) is 11.8 Å². The summed E-state index contributed by atoms with van der Waals surface area (Å²) in [5.74, 6) is 0.481. The number of nitrogens with one attached hydrogen (secondary N) is 1. The molecule has 1 unspecified atom stereocenters. The molecule has 1 heterocycles. The number of aryl methyl sites for hydroxylation is 1. The second-order valence-corrected chi connectivity index (χ2v) is 5.07. The Morgan fingerprint density at radius 1 is 1.33 bits per heavy atom. The molecule has 1 aromatic heterocycles. The summed E-state index contributed by atoms with van der Waals surface area (Å²) in [4.78, 5) is 4.08. The molecule has 0 aliphatic rings. The maximum absolute atomic E-state index is 13.7. The monoisotopic (exact) mass is 288 g/mol. The minimum Gasteiger partial charge on any atom is -0.495 e. The Kier molecular flexibility index (Phi) is 5.28. The van der Waals surface area contributed by atoms with E-state index >= 15 is 0 Å². The molecule has 1 atom stereocenters. The summed E-state index contributed by atoms with van der Waals surface area (Å²) in [7, 11) is 1.62. The highest BCUT2D eigenvalue weighted by molar-refractivity contribution is 5.40. The molecule has 0 spiro atoms. The molecule has 0 fully saturated rings. The van der Waals surface area contributed by atoms with Gasteiger partial charge in [-0.3, -0.25) is 4.98 Å². The minimum atomic E-state index is -0.221. The molecule has 1 aromatic carbocycles. The lowest BCUT2D eigenvalue weighted by Gasteiger charge is -2.22. The molecule has 112 valence electrons. The summed E-state index contributed by atoms with van der Waals surface area (Å²) in [5.41, 5.74) is 2.76. The first kappa shape index (κ1) is 15.4. The third-order valence-electron chi connectivity index (χ3n) is 3.34. The molecule has 0 aliphatic carbocycles. The quantitative estimate of drug-likeness (QED) is 0.881. The van der Waals surface area contributed by atoms with E-state index < -0.39 is 0 Å². The van der Waals surface area contributed by atoms with Crippen LogP contribution in [0.5, 0.6) is 5.75 Å². The number of benzene rings is 1. The SMILES string of the molecule is CCCNC(c1cc(C)cc(F)c1)c1ccncc1OC. The molecule has 21 heavy (non-hydrogen) atoms. The number of aromatic nitrogens is 1. The first-order valence-corrected chi connectivity index (χ1v) is 7.14. The number of nitrogens with zero attached hydrogens (tertiary/aromatic N) is 1. The first-order valence-electron chi connectivity index (χ1n) is 7.14. The molecule has 0 radical (unpaired) electrons. The van der Waals surface area contributed by atoms with Gasteiger partial charge in [-0.2, -0.15) is 0 Å². The highest BCUT2D eigenvalue weighted by Gasteiger charge is 2.18. The van der Waals surface area contributed by atoms with Crippen LogP contribution in [0.1, 0.15) is 36.1 Å². The van der Waals surface area contributed by atoms with Crippen molar-refractivity contribution in [3.05, 3.63) is 59.2 Å². The largest absolute Gasteiger partial charge is 0.495 e. The molecule has 2 rings (SSSR count). The average Bonchev–Trinajstić information content (AvgIpc) is 2.47. The van der Waals surface area contributed by atoms with Crippen LogP contribution in [0.3, 0.4) is 0 Å². The van der Waals surface area contributed by atoms with Crippen LogP contribution >= 0.6 is 0 Å². The summed E-state index contributed by atoms with van der Waals surface area (Å²) in [6.45, 7) is 4.84. The number of halogens is 1. The highest BCUT2D eigenvalue weighted by Crippen LogP contribution is 2.30. The molecular formula is C17H21FN2O. The van der Waals surface area contributed by atoms with Crippen LogP contribution < -0.4 is 10.1 Å². The molecule has 0 bridgehead atoms. The van der Waals surface area contributed by atoms with Crippen LogP contribution in [-0.2, 0) is 0 Å². The Morgan fingerprint density at radius 3 is 2.81 bits per heavy atom. The zero-order valence-corrected chi connectivity index (χ0v) is 12.7. The second-order valence-electron chi connectivity index (χ2n) is 5.07. The third kappa shape index (κ3) is 3.79. The summed E-state index contributed by atoms with van der Waals surface area (Å²) < 4.78 is 19.1. The minimum absolute atomic E-state index is 0.114. The van der Waals surface area contributed by atoms with Gasteiger partial charge in [0.25, 0.3) is 0 Å². The smallest absolute Gasteiger partial charge is 0.142 e. The number of hydrogen-bond donors (Lipinski definition) is 1. The van der Waals surface area contributed by atoms with Crippen molar-refractivity contribution in [3.63, 3.8) is 0 Å². The molecular weight excluding hydrogens is 267 g/mol. The van der Waals surface area contributed by atoms with Gasteiger partial charge in [-0.05, 0) is 49.2 Å². The number of rotatable bonds is 6. The van der Waals surface area contributed by atoms with Crippen LogP contribution in [0, 0.1) is 12.7 Å². The van der Waals surface area contributed by atoms with E-state index in [0.29, 0.717) is 5.75 Å². The van der Waals surface area contributed by atoms with E-state index in [0.717, 1.165) is 29.7 Å². The lowest BCUT2D eigenvalue weighted by atomic mass is 9.97. The van der Waals surface area contributed by atoms with Crippen molar-refractivity contribution in [2.45, 2.75) is 26.3 Å². The predicted octanol–water partition coefficient (Wildman–Crippen LogP) is 3.63. The van der Waals surface area contributed by atoms with Crippen LogP contribution in [0.2, 0.25) is 0 Å². The zero-order chi connectivity index (χ0) is 15.2. The van der Waals surface area contributed by atoms with Gasteiger partial charge < -0.3 is 10.1 Å². The maximum atomic E-state index is 13.7. The molecule has 0 aliphatic heterocycles. The second kappa shape index (κ2) is 7.18. The topological polar surface area (TPSA) is 34.2 Å². The van der Waals surface area contributed by atoms with E-state index in [1.165, 1.54) is 6.07 Å². The van der Waals surface area contributed by atoms with Crippen molar-refractivity contribution in [1.82, 2.24) is 10.3 Å². The van der Waals surface area contributed by atoms with Crippen molar-refractivity contribution in [3.8, 4) is 5.75 Å². The van der Waals surface area contributed by atoms with Gasteiger partial charge in [0.1, 0.15) is 11.6 Å². The van der Waals surface area contributed by atoms with Gasteiger partial charge in [-0.25, -0.2) is 4.39 Å². The average molecular weight is 288 g/mol. The molecule has 4 heteroatoms. The molecule has 0 amide bonds. The molecule has 1 N–H and O–H groups in total. The fourth-order valence-corrected chi connectivity index (χ4v) is 2.43. The third-order valence-corrected chi connectivity index (χ3v) is 3.34. The zero-order valence-electron chi connectivity index (χ0n) is 12.7. The fraction of sp³-hybridized carbons (Fsp3) is 0.353. The fourth-order valence-electron chi connectivity index (χ4n) is 2.43. The van der Waals surface area contributed by atoms with Crippen LogP contribution in [0.25, 0.3) is 0 Å². The van der Waals surface area contributed by atoms with E-state index in [1.54, 1.807) is 25.6 Å². The van der Waals surface area contributed by atoms with Gasteiger partial charge in [0.15, 0.2) is 0 Å². The van der Waals surface area contributed by atoms with Crippen LogP contribution in [-0.4, -0.2) is 18.6 Å². The van der Waals surface area contributed by atoms with Gasteiger partial charge in [0.2, 0.25) is 0 Å². The van der Waals surface area contributed by atoms with Crippen molar-refractivity contribution in [2.24, 2.45) is 0 Å². The van der Waals surface area contributed by atoms with Crippen molar-refractivity contribution in [2.75, 3.05) is 13.7 Å². The Balaban J connectivity index is 2.46. The lowest BCUT2D eigenvalue weighted by molar-refractivity contribution is 0.401. The Labute approximate surface area is 125 Å². The number of hydrogen-bond acceptors (Lipinski definition) is 3. The number of ether oxygens (including phenoxy) is 1. The molecule has 0 saturated heterocycles. The van der Waals surface area contributed by atoms with Crippen LogP contribution in [0.15, 0.2) is 36.7 Å². The lowest BCUT2D eigenvalue weighted by Crippen LogP contribution is -2.24. The Bertz CT molecular complexity index is 581. The van der Waals surface area contributed by atoms with Crippen molar-refractivity contribution in [1.29, 1.82) is 0 Å². The van der Waals surface area contributed by atoms with Gasteiger partial charge in [0.05, 0.1) is 19.3 Å². The predicted molar refractivity (Wildman–Crippen MR) is 82.1 cm³/mol. The van der Waals surface area contributed by atoms with E-state index in [2.05, 4.69) is 17.2 Å². The number of methoxy groups -OCH3 is 1. The van der Waals surface area contributed by atoms with E-state index in [-0.39, 0.29) is 11.9 Å². The van der Waals surface area contributed by atoms with E-state index in [4.69, 9.17) is 4.74 Å². The highest BCUT2D eigenvalue weighted by atomic mass is 19.1.